The molecule has 2 N–H and O–H groups in total. The Kier molecular flexibility index (Phi) is 4.96. The maximum absolute atomic E-state index is 12.3. The van der Waals surface area contributed by atoms with Gasteiger partial charge in [0.2, 0.25) is 11.8 Å². The van der Waals surface area contributed by atoms with E-state index in [-0.39, 0.29) is 23.9 Å². The van der Waals surface area contributed by atoms with Crippen LogP contribution in [0, 0.1) is 0 Å². The summed E-state index contributed by atoms with van der Waals surface area (Å²) in [6.07, 6.45) is 4.70. The quantitative estimate of drug-likeness (QED) is 0.895. The van der Waals surface area contributed by atoms with E-state index in [1.165, 1.54) is 0 Å². The van der Waals surface area contributed by atoms with Crippen molar-refractivity contribution in [3.8, 4) is 0 Å². The van der Waals surface area contributed by atoms with Crippen molar-refractivity contribution in [2.24, 2.45) is 0 Å². The zero-order valence-corrected chi connectivity index (χ0v) is 13.7. The normalized spacial score (nSPS) is 22.9. The van der Waals surface area contributed by atoms with Gasteiger partial charge in [-0.05, 0) is 50.4 Å². The van der Waals surface area contributed by atoms with Gasteiger partial charge in [0.25, 0.3) is 0 Å². The van der Waals surface area contributed by atoms with E-state index in [2.05, 4.69) is 10.6 Å². The molecule has 2 aliphatic heterocycles. The first-order chi connectivity index (χ1) is 11.1. The third-order valence-electron chi connectivity index (χ3n) is 4.74. The van der Waals surface area contributed by atoms with Gasteiger partial charge in [0.15, 0.2) is 0 Å². The summed E-state index contributed by atoms with van der Waals surface area (Å²) in [6.45, 7) is 3.69. The second-order valence-electron chi connectivity index (χ2n) is 6.48. The van der Waals surface area contributed by atoms with Gasteiger partial charge in [-0.2, -0.15) is 0 Å². The third-order valence-corrected chi connectivity index (χ3v) is 4.74. The van der Waals surface area contributed by atoms with Gasteiger partial charge in [0.1, 0.15) is 0 Å². The Bertz CT molecular complexity index is 581. The first-order valence-corrected chi connectivity index (χ1v) is 8.59. The Morgan fingerprint density at radius 1 is 1.35 bits per heavy atom. The van der Waals surface area contributed by atoms with Crippen molar-refractivity contribution < 1.29 is 9.59 Å². The van der Waals surface area contributed by atoms with Crippen molar-refractivity contribution in [2.45, 2.75) is 51.1 Å². The van der Waals surface area contributed by atoms with Gasteiger partial charge >= 0.3 is 0 Å². The second-order valence-corrected chi connectivity index (χ2v) is 6.48. The van der Waals surface area contributed by atoms with Crippen LogP contribution in [-0.4, -0.2) is 30.9 Å². The summed E-state index contributed by atoms with van der Waals surface area (Å²) < 4.78 is 0. The molecule has 2 aliphatic rings. The number of rotatable bonds is 4. The zero-order valence-electron chi connectivity index (χ0n) is 13.7. The number of carbonyl (C=O) groups is 2. The number of benzene rings is 1. The van der Waals surface area contributed by atoms with E-state index in [9.17, 15) is 9.59 Å². The number of amides is 2. The van der Waals surface area contributed by atoms with Gasteiger partial charge in [0, 0.05) is 18.7 Å². The minimum absolute atomic E-state index is 0.0659. The number of hydrogen-bond acceptors (Lipinski definition) is 3. The Labute approximate surface area is 137 Å². The average Bonchev–Trinajstić information content (AvgIpc) is 3.02. The minimum Gasteiger partial charge on any atom is -0.348 e. The second kappa shape index (κ2) is 7.13. The fourth-order valence-corrected chi connectivity index (χ4v) is 3.36. The first kappa shape index (κ1) is 16.0. The zero-order chi connectivity index (χ0) is 16.2. The molecule has 0 saturated carbocycles. The van der Waals surface area contributed by atoms with E-state index >= 15 is 0 Å². The molecule has 2 saturated heterocycles. The molecule has 23 heavy (non-hydrogen) atoms. The fraction of sp³-hybridized carbons (Fsp3) is 0.556. The molecule has 2 heterocycles. The van der Waals surface area contributed by atoms with Gasteiger partial charge < -0.3 is 15.5 Å². The molecule has 3 rings (SSSR count). The largest absolute Gasteiger partial charge is 0.348 e. The Morgan fingerprint density at radius 3 is 2.91 bits per heavy atom. The lowest BCUT2D eigenvalue weighted by molar-refractivity contribution is -0.124. The number of piperidine rings is 1. The van der Waals surface area contributed by atoms with E-state index < -0.39 is 0 Å². The van der Waals surface area contributed by atoms with Gasteiger partial charge in [-0.25, -0.2) is 0 Å². The van der Waals surface area contributed by atoms with Crippen LogP contribution in [0.2, 0.25) is 0 Å². The fourth-order valence-electron chi connectivity index (χ4n) is 3.36. The first-order valence-electron chi connectivity index (χ1n) is 8.59. The topological polar surface area (TPSA) is 61.4 Å². The summed E-state index contributed by atoms with van der Waals surface area (Å²) >= 11 is 0. The number of hydrogen-bond donors (Lipinski definition) is 2. The summed E-state index contributed by atoms with van der Waals surface area (Å²) in [5.74, 6) is 0.255. The lowest BCUT2D eigenvalue weighted by Crippen LogP contribution is -2.47. The smallest absolute Gasteiger partial charge is 0.237 e. The SMILES string of the molecule is CC(NC(=O)C1CCCCN1)c1cccc(N2CCCC2=O)c1. The maximum atomic E-state index is 12.3. The van der Waals surface area contributed by atoms with Crippen LogP contribution in [0.25, 0.3) is 0 Å². The molecule has 0 bridgehead atoms. The molecule has 1 aromatic rings. The van der Waals surface area contributed by atoms with Gasteiger partial charge in [0.05, 0.1) is 12.1 Å². The number of carbonyl (C=O) groups excluding carboxylic acids is 2. The average molecular weight is 315 g/mol. The van der Waals surface area contributed by atoms with Crippen molar-refractivity contribution in [1.29, 1.82) is 0 Å². The van der Waals surface area contributed by atoms with Crippen molar-refractivity contribution in [2.75, 3.05) is 18.0 Å². The standard InChI is InChI=1S/C18H25N3O2/c1-13(20-18(23)16-8-2-3-10-19-16)14-6-4-7-15(12-14)21-11-5-9-17(21)22/h4,6-7,12-13,16,19H,2-3,5,8-11H2,1H3,(H,20,23). The molecular formula is C18H25N3O2. The highest BCUT2D eigenvalue weighted by Gasteiger charge is 2.24. The van der Waals surface area contributed by atoms with Crippen LogP contribution in [0.5, 0.6) is 0 Å². The molecule has 0 radical (unpaired) electrons. The third kappa shape index (κ3) is 3.72. The molecule has 2 amide bonds. The highest BCUT2D eigenvalue weighted by atomic mass is 16.2. The highest BCUT2D eigenvalue weighted by Crippen LogP contribution is 2.25. The van der Waals surface area contributed by atoms with Crippen molar-refractivity contribution in [3.63, 3.8) is 0 Å². The van der Waals surface area contributed by atoms with Crippen LogP contribution in [-0.2, 0) is 9.59 Å². The number of anilines is 1. The maximum Gasteiger partial charge on any atom is 0.237 e. The van der Waals surface area contributed by atoms with E-state index in [0.29, 0.717) is 6.42 Å². The molecular weight excluding hydrogens is 290 g/mol. The van der Waals surface area contributed by atoms with E-state index in [1.54, 1.807) is 0 Å². The van der Waals surface area contributed by atoms with Gasteiger partial charge in [-0.1, -0.05) is 18.6 Å². The Morgan fingerprint density at radius 2 is 2.22 bits per heavy atom. The summed E-state index contributed by atoms with van der Waals surface area (Å²) in [5.41, 5.74) is 1.97. The van der Waals surface area contributed by atoms with Crippen molar-refractivity contribution in [1.82, 2.24) is 10.6 Å². The van der Waals surface area contributed by atoms with E-state index in [4.69, 9.17) is 0 Å². The van der Waals surface area contributed by atoms with E-state index in [0.717, 1.165) is 50.0 Å². The molecule has 1 aromatic carbocycles. The molecule has 2 fully saturated rings. The summed E-state index contributed by atoms with van der Waals surface area (Å²) in [4.78, 5) is 26.1. The summed E-state index contributed by atoms with van der Waals surface area (Å²) in [5, 5.41) is 6.36. The van der Waals surface area contributed by atoms with Crippen LogP contribution in [0.3, 0.4) is 0 Å². The molecule has 2 unspecified atom stereocenters. The van der Waals surface area contributed by atoms with Crippen LogP contribution < -0.4 is 15.5 Å². The molecule has 124 valence electrons. The van der Waals surface area contributed by atoms with Crippen LogP contribution in [0.1, 0.15) is 50.6 Å². The molecule has 0 spiro atoms. The van der Waals surface area contributed by atoms with Crippen LogP contribution in [0.15, 0.2) is 24.3 Å². The van der Waals surface area contributed by atoms with Gasteiger partial charge in [-0.15, -0.1) is 0 Å². The van der Waals surface area contributed by atoms with Crippen LogP contribution >= 0.6 is 0 Å². The summed E-state index contributed by atoms with van der Waals surface area (Å²) in [7, 11) is 0. The van der Waals surface area contributed by atoms with E-state index in [1.807, 2.05) is 36.1 Å². The number of nitrogens with zero attached hydrogens (tertiary/aromatic N) is 1. The Hall–Kier alpha value is -1.88. The predicted octanol–water partition coefficient (Wildman–Crippen LogP) is 2.13. The molecule has 0 aliphatic carbocycles. The van der Waals surface area contributed by atoms with Crippen molar-refractivity contribution >= 4 is 17.5 Å². The molecule has 2 atom stereocenters. The highest BCUT2D eigenvalue weighted by molar-refractivity contribution is 5.95. The lowest BCUT2D eigenvalue weighted by Gasteiger charge is -2.25. The number of nitrogens with one attached hydrogen (secondary N) is 2. The monoisotopic (exact) mass is 315 g/mol. The van der Waals surface area contributed by atoms with Gasteiger partial charge in [-0.3, -0.25) is 9.59 Å². The molecule has 0 aromatic heterocycles. The lowest BCUT2D eigenvalue weighted by atomic mass is 10.0. The molecule has 5 nitrogen and oxygen atoms in total. The molecule has 5 heteroatoms. The van der Waals surface area contributed by atoms with Crippen LogP contribution in [0.4, 0.5) is 5.69 Å². The minimum atomic E-state index is -0.0745. The predicted molar refractivity (Wildman–Crippen MR) is 90.2 cm³/mol. The summed E-state index contributed by atoms with van der Waals surface area (Å²) in [6, 6.07) is 7.80. The van der Waals surface area contributed by atoms with Crippen molar-refractivity contribution in [3.05, 3.63) is 29.8 Å². The Balaban J connectivity index is 1.66.